The average Bonchev–Trinajstić information content (AvgIpc) is 2.44. The summed E-state index contributed by atoms with van der Waals surface area (Å²) < 4.78 is 0. The van der Waals surface area contributed by atoms with Gasteiger partial charge in [0.1, 0.15) is 17.5 Å². The summed E-state index contributed by atoms with van der Waals surface area (Å²) in [6, 6.07) is 0.596. The molecular formula is C15H29N5. The van der Waals surface area contributed by atoms with E-state index in [0.717, 1.165) is 49.0 Å². The van der Waals surface area contributed by atoms with Crippen LogP contribution in [0.25, 0.3) is 0 Å². The van der Waals surface area contributed by atoms with Crippen LogP contribution in [0.4, 0.5) is 11.6 Å². The number of hydrogen-bond acceptors (Lipinski definition) is 5. The lowest BCUT2D eigenvalue weighted by Gasteiger charge is -2.21. The van der Waals surface area contributed by atoms with E-state index in [4.69, 9.17) is 0 Å². The Hall–Kier alpha value is -1.36. The predicted octanol–water partition coefficient (Wildman–Crippen LogP) is 2.53. The third-order valence-electron chi connectivity index (χ3n) is 3.61. The normalized spacial score (nSPS) is 11.2. The minimum Gasteiger partial charge on any atom is -0.373 e. The fourth-order valence-corrected chi connectivity index (χ4v) is 1.93. The quantitative estimate of drug-likeness (QED) is 0.716. The van der Waals surface area contributed by atoms with Crippen molar-refractivity contribution in [2.75, 3.05) is 37.8 Å². The molecule has 0 aliphatic carbocycles. The molecule has 1 aromatic rings. The number of anilines is 2. The minimum atomic E-state index is 0.596. The average molecular weight is 279 g/mol. The van der Waals surface area contributed by atoms with E-state index in [1.807, 2.05) is 14.0 Å². The summed E-state index contributed by atoms with van der Waals surface area (Å²) in [4.78, 5) is 11.4. The Labute approximate surface area is 123 Å². The first-order valence-electron chi connectivity index (χ1n) is 7.48. The van der Waals surface area contributed by atoms with Crippen molar-refractivity contribution in [3.8, 4) is 0 Å². The molecule has 0 aliphatic rings. The number of aromatic nitrogens is 2. The largest absolute Gasteiger partial charge is 0.373 e. The highest BCUT2D eigenvalue weighted by atomic mass is 15.1. The Bertz CT molecular complexity index is 417. The molecular weight excluding hydrogens is 250 g/mol. The zero-order chi connectivity index (χ0) is 15.1. The predicted molar refractivity (Wildman–Crippen MR) is 86.6 cm³/mol. The molecule has 114 valence electrons. The van der Waals surface area contributed by atoms with Gasteiger partial charge in [0.2, 0.25) is 0 Å². The Morgan fingerprint density at radius 1 is 1.20 bits per heavy atom. The van der Waals surface area contributed by atoms with Gasteiger partial charge in [0, 0.05) is 31.6 Å². The van der Waals surface area contributed by atoms with Crippen LogP contribution in [-0.2, 0) is 6.42 Å². The first-order valence-corrected chi connectivity index (χ1v) is 7.48. The molecule has 0 atom stereocenters. The summed E-state index contributed by atoms with van der Waals surface area (Å²) in [7, 11) is 4.06. The van der Waals surface area contributed by atoms with Gasteiger partial charge < -0.3 is 15.5 Å². The van der Waals surface area contributed by atoms with Crippen LogP contribution in [0, 0.1) is 6.92 Å². The Balaban J connectivity index is 2.59. The second-order valence-corrected chi connectivity index (χ2v) is 5.42. The molecule has 0 radical (unpaired) electrons. The highest BCUT2D eigenvalue weighted by Crippen LogP contribution is 2.19. The van der Waals surface area contributed by atoms with Gasteiger partial charge in [0.25, 0.3) is 0 Å². The molecule has 5 heteroatoms. The van der Waals surface area contributed by atoms with Crippen LogP contribution >= 0.6 is 0 Å². The van der Waals surface area contributed by atoms with Crippen LogP contribution in [0.15, 0.2) is 0 Å². The van der Waals surface area contributed by atoms with E-state index in [9.17, 15) is 0 Å². The maximum atomic E-state index is 4.58. The van der Waals surface area contributed by atoms with Gasteiger partial charge in [-0.3, -0.25) is 0 Å². The van der Waals surface area contributed by atoms with E-state index < -0.39 is 0 Å². The van der Waals surface area contributed by atoms with Crippen molar-refractivity contribution in [3.63, 3.8) is 0 Å². The highest BCUT2D eigenvalue weighted by Gasteiger charge is 2.09. The number of aryl methyl sites for hydroxylation is 1. The van der Waals surface area contributed by atoms with Gasteiger partial charge in [-0.1, -0.05) is 6.92 Å². The summed E-state index contributed by atoms with van der Waals surface area (Å²) in [6.45, 7) is 10.6. The second kappa shape index (κ2) is 8.04. The third-order valence-corrected chi connectivity index (χ3v) is 3.61. The van der Waals surface area contributed by atoms with Gasteiger partial charge in [-0.15, -0.1) is 0 Å². The van der Waals surface area contributed by atoms with Crippen molar-refractivity contribution < 1.29 is 0 Å². The molecule has 1 heterocycles. The molecule has 1 aromatic heterocycles. The Morgan fingerprint density at radius 2 is 1.85 bits per heavy atom. The Morgan fingerprint density at radius 3 is 2.40 bits per heavy atom. The molecule has 0 saturated carbocycles. The minimum absolute atomic E-state index is 0.596. The van der Waals surface area contributed by atoms with Crippen LogP contribution in [0.1, 0.15) is 38.6 Å². The Kier molecular flexibility index (Phi) is 6.71. The van der Waals surface area contributed by atoms with E-state index in [1.165, 1.54) is 0 Å². The van der Waals surface area contributed by atoms with Crippen molar-refractivity contribution in [1.82, 2.24) is 14.9 Å². The molecule has 0 aliphatic heterocycles. The zero-order valence-corrected chi connectivity index (χ0v) is 13.7. The summed E-state index contributed by atoms with van der Waals surface area (Å²) in [5.41, 5.74) is 1.09. The maximum absolute atomic E-state index is 4.58. The van der Waals surface area contributed by atoms with Crippen molar-refractivity contribution >= 4 is 11.6 Å². The van der Waals surface area contributed by atoms with Crippen LogP contribution in [0.2, 0.25) is 0 Å². The van der Waals surface area contributed by atoms with Crippen LogP contribution in [0.5, 0.6) is 0 Å². The second-order valence-electron chi connectivity index (χ2n) is 5.42. The topological polar surface area (TPSA) is 53.1 Å². The highest BCUT2D eigenvalue weighted by molar-refractivity contribution is 5.56. The van der Waals surface area contributed by atoms with Crippen molar-refractivity contribution in [2.24, 2.45) is 0 Å². The van der Waals surface area contributed by atoms with Gasteiger partial charge in [-0.05, 0) is 40.8 Å². The number of nitrogens with one attached hydrogen (secondary N) is 2. The lowest BCUT2D eigenvalue weighted by molar-refractivity contribution is 0.273. The van der Waals surface area contributed by atoms with Crippen molar-refractivity contribution in [2.45, 2.75) is 46.6 Å². The first-order chi connectivity index (χ1) is 9.49. The van der Waals surface area contributed by atoms with Gasteiger partial charge in [-0.25, -0.2) is 9.97 Å². The van der Waals surface area contributed by atoms with E-state index in [0.29, 0.717) is 6.04 Å². The molecule has 2 N–H and O–H groups in total. The lowest BCUT2D eigenvalue weighted by atomic mass is 10.2. The van der Waals surface area contributed by atoms with Gasteiger partial charge in [0.05, 0.1) is 0 Å². The van der Waals surface area contributed by atoms with Gasteiger partial charge in [0.15, 0.2) is 0 Å². The SMILES string of the molecule is CCc1nc(NC)c(C)c(NCCCN(C)C(C)C)n1. The maximum Gasteiger partial charge on any atom is 0.134 e. The van der Waals surface area contributed by atoms with Gasteiger partial charge >= 0.3 is 0 Å². The summed E-state index contributed by atoms with van der Waals surface area (Å²) in [5.74, 6) is 2.74. The smallest absolute Gasteiger partial charge is 0.134 e. The van der Waals surface area contributed by atoms with E-state index in [2.05, 4.69) is 53.3 Å². The fraction of sp³-hybridized carbons (Fsp3) is 0.733. The van der Waals surface area contributed by atoms with Gasteiger partial charge in [-0.2, -0.15) is 0 Å². The number of rotatable bonds is 8. The molecule has 0 aromatic carbocycles. The molecule has 20 heavy (non-hydrogen) atoms. The molecule has 0 bridgehead atoms. The number of nitrogens with zero attached hydrogens (tertiary/aromatic N) is 3. The standard InChI is InChI=1S/C15H29N5/c1-7-13-18-14(16-5)12(4)15(19-13)17-9-8-10-20(6)11(2)3/h11H,7-10H2,1-6H3,(H2,16,17,18,19). The van der Waals surface area contributed by atoms with Crippen LogP contribution in [0.3, 0.4) is 0 Å². The molecule has 1 rings (SSSR count). The molecule has 0 unspecified atom stereocenters. The van der Waals surface area contributed by atoms with E-state index in [-0.39, 0.29) is 0 Å². The van der Waals surface area contributed by atoms with E-state index >= 15 is 0 Å². The first kappa shape index (κ1) is 16.7. The fourth-order valence-electron chi connectivity index (χ4n) is 1.93. The lowest BCUT2D eigenvalue weighted by Crippen LogP contribution is -2.28. The molecule has 0 spiro atoms. The van der Waals surface area contributed by atoms with E-state index in [1.54, 1.807) is 0 Å². The monoisotopic (exact) mass is 279 g/mol. The van der Waals surface area contributed by atoms with Crippen molar-refractivity contribution in [1.29, 1.82) is 0 Å². The molecule has 5 nitrogen and oxygen atoms in total. The zero-order valence-electron chi connectivity index (χ0n) is 13.7. The number of hydrogen-bond donors (Lipinski definition) is 2. The molecule has 0 amide bonds. The molecule has 0 fully saturated rings. The third kappa shape index (κ3) is 4.63. The molecule has 0 saturated heterocycles. The summed E-state index contributed by atoms with van der Waals surface area (Å²) >= 11 is 0. The van der Waals surface area contributed by atoms with Crippen molar-refractivity contribution in [3.05, 3.63) is 11.4 Å². The summed E-state index contributed by atoms with van der Waals surface area (Å²) in [5, 5.41) is 6.57. The summed E-state index contributed by atoms with van der Waals surface area (Å²) in [6.07, 6.45) is 1.95. The van der Waals surface area contributed by atoms with Crippen LogP contribution < -0.4 is 10.6 Å². The van der Waals surface area contributed by atoms with Crippen LogP contribution in [-0.4, -0.2) is 48.1 Å².